The second-order valence-electron chi connectivity index (χ2n) is 4.48. The molecule has 0 heterocycles. The van der Waals surface area contributed by atoms with Gasteiger partial charge in [-0.3, -0.25) is 0 Å². The number of aliphatic hydroxyl groups excluding tert-OH is 1. The maximum absolute atomic E-state index is 9.24. The Hall–Kier alpha value is -0.860. The Morgan fingerprint density at radius 3 is 2.43 bits per heavy atom. The molecular weight excluding hydrogens is 174 g/mol. The quantitative estimate of drug-likeness (QED) is 0.771. The van der Waals surface area contributed by atoms with Crippen molar-refractivity contribution in [2.75, 3.05) is 6.61 Å². The number of nitrogens with two attached hydrogens (primary N) is 1. The zero-order valence-corrected chi connectivity index (χ0v) is 9.12. The first-order chi connectivity index (χ1) is 6.49. The molecule has 0 saturated heterocycles. The molecule has 0 unspecified atom stereocenters. The molecule has 0 fully saturated rings. The van der Waals surface area contributed by atoms with Crippen LogP contribution in [0, 0.1) is 12.3 Å². The van der Waals surface area contributed by atoms with Gasteiger partial charge in [0, 0.05) is 18.1 Å². The lowest BCUT2D eigenvalue weighted by Crippen LogP contribution is -2.32. The van der Waals surface area contributed by atoms with Gasteiger partial charge in [0.1, 0.15) is 0 Å². The first-order valence-electron chi connectivity index (χ1n) is 4.91. The van der Waals surface area contributed by atoms with Gasteiger partial charge in [-0.1, -0.05) is 38.1 Å². The molecule has 0 aliphatic carbocycles. The van der Waals surface area contributed by atoms with Crippen molar-refractivity contribution in [2.45, 2.75) is 26.8 Å². The minimum Gasteiger partial charge on any atom is -0.396 e. The third-order valence-corrected chi connectivity index (χ3v) is 2.77. The van der Waals surface area contributed by atoms with Crippen LogP contribution in [-0.4, -0.2) is 11.7 Å². The second-order valence-corrected chi connectivity index (χ2v) is 4.48. The van der Waals surface area contributed by atoms with E-state index in [9.17, 15) is 5.11 Å². The van der Waals surface area contributed by atoms with Crippen LogP contribution in [-0.2, 0) is 0 Å². The number of rotatable bonds is 3. The molecule has 0 radical (unpaired) electrons. The largest absolute Gasteiger partial charge is 0.396 e. The minimum atomic E-state index is -0.272. The Balaban J connectivity index is 3.00. The second kappa shape index (κ2) is 4.11. The highest BCUT2D eigenvalue weighted by Crippen LogP contribution is 2.31. The normalized spacial score (nSPS) is 14.1. The summed E-state index contributed by atoms with van der Waals surface area (Å²) in [6.45, 7) is 6.10. The Morgan fingerprint density at radius 1 is 1.36 bits per heavy atom. The van der Waals surface area contributed by atoms with Crippen LogP contribution in [0.1, 0.15) is 31.0 Å². The lowest BCUT2D eigenvalue weighted by Gasteiger charge is -2.30. The van der Waals surface area contributed by atoms with Gasteiger partial charge in [0.05, 0.1) is 0 Å². The number of hydrogen-bond donors (Lipinski definition) is 2. The predicted octanol–water partition coefficient (Wildman–Crippen LogP) is 2.01. The van der Waals surface area contributed by atoms with Crippen LogP contribution in [0.2, 0.25) is 0 Å². The van der Waals surface area contributed by atoms with Crippen LogP contribution in [0.25, 0.3) is 0 Å². The van der Waals surface area contributed by atoms with Crippen molar-refractivity contribution < 1.29 is 5.11 Å². The van der Waals surface area contributed by atoms with E-state index in [2.05, 4.69) is 0 Å². The molecule has 2 heteroatoms. The molecule has 1 rings (SSSR count). The van der Waals surface area contributed by atoms with Crippen LogP contribution >= 0.6 is 0 Å². The summed E-state index contributed by atoms with van der Waals surface area (Å²) in [7, 11) is 0. The molecule has 0 amide bonds. The molecule has 0 saturated carbocycles. The summed E-state index contributed by atoms with van der Waals surface area (Å²) in [4.78, 5) is 0. The van der Waals surface area contributed by atoms with Crippen molar-refractivity contribution in [3.8, 4) is 0 Å². The number of benzene rings is 1. The smallest absolute Gasteiger partial charge is 0.0500 e. The van der Waals surface area contributed by atoms with E-state index in [-0.39, 0.29) is 18.1 Å². The average molecular weight is 193 g/mol. The third-order valence-electron chi connectivity index (χ3n) is 2.77. The summed E-state index contributed by atoms with van der Waals surface area (Å²) in [5, 5.41) is 9.24. The third kappa shape index (κ3) is 2.14. The predicted molar refractivity (Wildman–Crippen MR) is 59.0 cm³/mol. The highest BCUT2D eigenvalue weighted by atomic mass is 16.3. The van der Waals surface area contributed by atoms with Crippen molar-refractivity contribution in [3.05, 3.63) is 35.4 Å². The Bertz CT molecular complexity index is 307. The van der Waals surface area contributed by atoms with E-state index in [1.165, 1.54) is 5.56 Å². The fourth-order valence-electron chi connectivity index (χ4n) is 1.46. The average Bonchev–Trinajstić information content (AvgIpc) is 2.17. The van der Waals surface area contributed by atoms with Crippen molar-refractivity contribution in [2.24, 2.45) is 11.1 Å². The Labute approximate surface area is 85.8 Å². The van der Waals surface area contributed by atoms with Crippen LogP contribution in [0.15, 0.2) is 24.3 Å². The Morgan fingerprint density at radius 2 is 1.93 bits per heavy atom. The summed E-state index contributed by atoms with van der Waals surface area (Å²) >= 11 is 0. The lowest BCUT2D eigenvalue weighted by atomic mass is 9.80. The van der Waals surface area contributed by atoms with Crippen LogP contribution < -0.4 is 5.73 Å². The van der Waals surface area contributed by atoms with E-state index in [4.69, 9.17) is 5.73 Å². The van der Waals surface area contributed by atoms with Gasteiger partial charge < -0.3 is 10.8 Å². The number of aliphatic hydroxyl groups is 1. The first-order valence-corrected chi connectivity index (χ1v) is 4.91. The molecule has 0 spiro atoms. The lowest BCUT2D eigenvalue weighted by molar-refractivity contribution is 0.132. The molecule has 0 aliphatic rings. The molecule has 1 atom stereocenters. The molecule has 2 nitrogen and oxygen atoms in total. The molecule has 3 N–H and O–H groups in total. The van der Waals surface area contributed by atoms with Crippen molar-refractivity contribution in [1.29, 1.82) is 0 Å². The molecular formula is C12H19NO. The van der Waals surface area contributed by atoms with Gasteiger partial charge in [-0.2, -0.15) is 0 Å². The fourth-order valence-corrected chi connectivity index (χ4v) is 1.46. The summed E-state index contributed by atoms with van der Waals surface area (Å²) in [5.74, 6) is 0. The van der Waals surface area contributed by atoms with E-state index < -0.39 is 0 Å². The Kier molecular flexibility index (Phi) is 3.29. The molecule has 14 heavy (non-hydrogen) atoms. The highest BCUT2D eigenvalue weighted by Gasteiger charge is 2.27. The maximum atomic E-state index is 9.24. The van der Waals surface area contributed by atoms with Crippen LogP contribution in [0.4, 0.5) is 0 Å². The maximum Gasteiger partial charge on any atom is 0.0500 e. The van der Waals surface area contributed by atoms with Crippen molar-refractivity contribution in [1.82, 2.24) is 0 Å². The summed E-state index contributed by atoms with van der Waals surface area (Å²) in [5.41, 5.74) is 8.15. The monoisotopic (exact) mass is 193 g/mol. The molecule has 0 aromatic heterocycles. The topological polar surface area (TPSA) is 46.2 Å². The van der Waals surface area contributed by atoms with Gasteiger partial charge >= 0.3 is 0 Å². The van der Waals surface area contributed by atoms with Crippen LogP contribution in [0.3, 0.4) is 0 Å². The van der Waals surface area contributed by atoms with Gasteiger partial charge in [-0.15, -0.1) is 0 Å². The van der Waals surface area contributed by atoms with E-state index in [1.807, 2.05) is 45.0 Å². The first kappa shape index (κ1) is 11.2. The minimum absolute atomic E-state index is 0.0997. The highest BCUT2D eigenvalue weighted by molar-refractivity contribution is 5.29. The molecule has 1 aromatic carbocycles. The standard InChI is InChI=1S/C12H19NO/c1-9-6-4-5-7-10(9)11(13)12(2,3)8-14/h4-7,11,14H,8,13H2,1-3H3/t11-/m0/s1. The molecule has 1 aromatic rings. The molecule has 78 valence electrons. The zero-order chi connectivity index (χ0) is 10.8. The van der Waals surface area contributed by atoms with Crippen molar-refractivity contribution in [3.63, 3.8) is 0 Å². The van der Waals surface area contributed by atoms with Crippen molar-refractivity contribution >= 4 is 0 Å². The molecule has 0 aliphatic heterocycles. The van der Waals surface area contributed by atoms with E-state index in [0.717, 1.165) is 5.56 Å². The van der Waals surface area contributed by atoms with E-state index >= 15 is 0 Å². The number of hydrogen-bond acceptors (Lipinski definition) is 2. The van der Waals surface area contributed by atoms with E-state index in [1.54, 1.807) is 0 Å². The summed E-state index contributed by atoms with van der Waals surface area (Å²) < 4.78 is 0. The van der Waals surface area contributed by atoms with Gasteiger partial charge in [0.2, 0.25) is 0 Å². The van der Waals surface area contributed by atoms with Gasteiger partial charge in [-0.05, 0) is 18.1 Å². The van der Waals surface area contributed by atoms with Gasteiger partial charge in [0.15, 0.2) is 0 Å². The summed E-state index contributed by atoms with van der Waals surface area (Å²) in [6, 6.07) is 7.93. The van der Waals surface area contributed by atoms with Gasteiger partial charge in [0.25, 0.3) is 0 Å². The SMILES string of the molecule is Cc1ccccc1[C@H](N)C(C)(C)CO. The molecule has 0 bridgehead atoms. The zero-order valence-electron chi connectivity index (χ0n) is 9.12. The fraction of sp³-hybridized carbons (Fsp3) is 0.500. The van der Waals surface area contributed by atoms with Gasteiger partial charge in [-0.25, -0.2) is 0 Å². The van der Waals surface area contributed by atoms with Crippen LogP contribution in [0.5, 0.6) is 0 Å². The number of aryl methyl sites for hydroxylation is 1. The van der Waals surface area contributed by atoms with E-state index in [0.29, 0.717) is 0 Å². The summed E-state index contributed by atoms with van der Waals surface area (Å²) in [6.07, 6.45) is 0.